The predicted octanol–water partition coefficient (Wildman–Crippen LogP) is -0.144. The van der Waals surface area contributed by atoms with E-state index >= 15 is 0 Å². The molecule has 0 radical (unpaired) electrons. The molecule has 5 nitrogen and oxygen atoms in total. The SMILES string of the molecule is CCCN1C(=O)C[C@@H](N2CCOCC2)C1=O. The molecule has 2 amide bonds. The molecule has 90 valence electrons. The molecule has 0 aromatic rings. The molecule has 0 aromatic carbocycles. The number of ether oxygens (including phenoxy) is 1. The second-order valence-corrected chi connectivity index (χ2v) is 4.25. The molecule has 2 fully saturated rings. The second kappa shape index (κ2) is 4.93. The van der Waals surface area contributed by atoms with E-state index < -0.39 is 0 Å². The first-order valence-electron chi connectivity index (χ1n) is 5.90. The topological polar surface area (TPSA) is 49.9 Å². The first-order valence-corrected chi connectivity index (χ1v) is 5.90. The number of rotatable bonds is 3. The third kappa shape index (κ3) is 2.10. The molecule has 0 N–H and O–H groups in total. The summed E-state index contributed by atoms with van der Waals surface area (Å²) in [6.45, 7) is 5.35. The molecular formula is C11H18N2O3. The Kier molecular flexibility index (Phi) is 3.56. The summed E-state index contributed by atoms with van der Waals surface area (Å²) >= 11 is 0. The summed E-state index contributed by atoms with van der Waals surface area (Å²) in [5, 5.41) is 0. The van der Waals surface area contributed by atoms with Gasteiger partial charge in [0.2, 0.25) is 11.8 Å². The normalized spacial score (nSPS) is 27.8. The maximum Gasteiger partial charge on any atom is 0.247 e. The van der Waals surface area contributed by atoms with Gasteiger partial charge in [0.15, 0.2) is 0 Å². The molecule has 2 aliphatic rings. The summed E-state index contributed by atoms with van der Waals surface area (Å²) in [6.07, 6.45) is 1.17. The minimum absolute atomic E-state index is 0.0197. The zero-order valence-corrected chi connectivity index (χ0v) is 9.65. The van der Waals surface area contributed by atoms with Crippen molar-refractivity contribution in [3.63, 3.8) is 0 Å². The van der Waals surface area contributed by atoms with E-state index in [-0.39, 0.29) is 17.9 Å². The van der Waals surface area contributed by atoms with Crippen LogP contribution < -0.4 is 0 Å². The predicted molar refractivity (Wildman–Crippen MR) is 57.8 cm³/mol. The standard InChI is InChI=1S/C11H18N2O3/c1-2-3-13-10(14)8-9(11(13)15)12-4-6-16-7-5-12/h9H,2-8H2,1H3/t9-/m1/s1. The van der Waals surface area contributed by atoms with Gasteiger partial charge in [-0.05, 0) is 6.42 Å². The fourth-order valence-electron chi connectivity index (χ4n) is 2.30. The van der Waals surface area contributed by atoms with Crippen LogP contribution in [0.15, 0.2) is 0 Å². The number of imide groups is 1. The lowest BCUT2D eigenvalue weighted by molar-refractivity contribution is -0.140. The Morgan fingerprint density at radius 1 is 1.31 bits per heavy atom. The van der Waals surface area contributed by atoms with E-state index in [2.05, 4.69) is 4.90 Å². The van der Waals surface area contributed by atoms with Gasteiger partial charge in [0.1, 0.15) is 0 Å². The summed E-state index contributed by atoms with van der Waals surface area (Å²) in [4.78, 5) is 27.2. The zero-order chi connectivity index (χ0) is 11.5. The number of hydrogen-bond acceptors (Lipinski definition) is 4. The van der Waals surface area contributed by atoms with Crippen molar-refractivity contribution in [1.29, 1.82) is 0 Å². The summed E-state index contributed by atoms with van der Waals surface area (Å²) < 4.78 is 5.24. The van der Waals surface area contributed by atoms with Crippen LogP contribution in [0.25, 0.3) is 0 Å². The molecule has 2 aliphatic heterocycles. The molecular weight excluding hydrogens is 208 g/mol. The lowest BCUT2D eigenvalue weighted by atomic mass is 10.2. The summed E-state index contributed by atoms with van der Waals surface area (Å²) in [5.74, 6) is -0.0444. The van der Waals surface area contributed by atoms with Crippen molar-refractivity contribution in [2.24, 2.45) is 0 Å². The van der Waals surface area contributed by atoms with Crippen LogP contribution in [0.5, 0.6) is 0 Å². The molecule has 2 rings (SSSR count). The Bertz CT molecular complexity index is 287. The van der Waals surface area contributed by atoms with Crippen molar-refractivity contribution in [3.05, 3.63) is 0 Å². The van der Waals surface area contributed by atoms with Gasteiger partial charge in [0, 0.05) is 19.6 Å². The van der Waals surface area contributed by atoms with Crippen LogP contribution in [-0.4, -0.2) is 60.5 Å². The molecule has 0 bridgehead atoms. The van der Waals surface area contributed by atoms with E-state index in [1.165, 1.54) is 4.90 Å². The number of carbonyl (C=O) groups excluding carboxylic acids is 2. The largest absolute Gasteiger partial charge is 0.379 e. The zero-order valence-electron chi connectivity index (χ0n) is 9.65. The molecule has 2 saturated heterocycles. The van der Waals surface area contributed by atoms with Crippen LogP contribution in [0, 0.1) is 0 Å². The number of morpholine rings is 1. The maximum atomic E-state index is 12.0. The molecule has 0 aliphatic carbocycles. The average molecular weight is 226 g/mol. The first-order chi connectivity index (χ1) is 7.74. The van der Waals surface area contributed by atoms with Gasteiger partial charge >= 0.3 is 0 Å². The van der Waals surface area contributed by atoms with Crippen LogP contribution in [0.1, 0.15) is 19.8 Å². The van der Waals surface area contributed by atoms with Crippen molar-refractivity contribution in [1.82, 2.24) is 9.80 Å². The fraction of sp³-hybridized carbons (Fsp3) is 0.818. The number of hydrogen-bond donors (Lipinski definition) is 0. The summed E-state index contributed by atoms with van der Waals surface area (Å²) in [6, 6.07) is -0.233. The van der Waals surface area contributed by atoms with Crippen molar-refractivity contribution >= 4 is 11.8 Å². The van der Waals surface area contributed by atoms with E-state index in [0.29, 0.717) is 26.2 Å². The van der Waals surface area contributed by atoms with Gasteiger partial charge in [-0.15, -0.1) is 0 Å². The summed E-state index contributed by atoms with van der Waals surface area (Å²) in [7, 11) is 0. The lowest BCUT2D eigenvalue weighted by Crippen LogP contribution is -2.47. The highest BCUT2D eigenvalue weighted by Gasteiger charge is 2.41. The number of amides is 2. The Balaban J connectivity index is 2.01. The van der Waals surface area contributed by atoms with E-state index in [0.717, 1.165) is 19.5 Å². The third-order valence-electron chi connectivity index (χ3n) is 3.15. The number of likely N-dealkylation sites (tertiary alicyclic amines) is 1. The monoisotopic (exact) mass is 226 g/mol. The van der Waals surface area contributed by atoms with Crippen LogP contribution in [0.4, 0.5) is 0 Å². The van der Waals surface area contributed by atoms with Crippen molar-refractivity contribution in [2.45, 2.75) is 25.8 Å². The quantitative estimate of drug-likeness (QED) is 0.628. The number of carbonyl (C=O) groups is 2. The van der Waals surface area contributed by atoms with Gasteiger partial charge in [0.25, 0.3) is 0 Å². The van der Waals surface area contributed by atoms with E-state index in [9.17, 15) is 9.59 Å². The van der Waals surface area contributed by atoms with Crippen molar-refractivity contribution < 1.29 is 14.3 Å². The minimum atomic E-state index is -0.233. The molecule has 0 unspecified atom stereocenters. The summed E-state index contributed by atoms with van der Waals surface area (Å²) in [5.41, 5.74) is 0. The van der Waals surface area contributed by atoms with Gasteiger partial charge in [-0.3, -0.25) is 19.4 Å². The van der Waals surface area contributed by atoms with Crippen LogP contribution >= 0.6 is 0 Å². The Labute approximate surface area is 95.3 Å². The smallest absolute Gasteiger partial charge is 0.247 e. The molecule has 16 heavy (non-hydrogen) atoms. The molecule has 5 heteroatoms. The highest BCUT2D eigenvalue weighted by atomic mass is 16.5. The van der Waals surface area contributed by atoms with Crippen LogP contribution in [0.2, 0.25) is 0 Å². The molecule has 2 heterocycles. The van der Waals surface area contributed by atoms with Crippen molar-refractivity contribution in [3.8, 4) is 0 Å². The van der Waals surface area contributed by atoms with Gasteiger partial charge < -0.3 is 4.74 Å². The average Bonchev–Trinajstić information content (AvgIpc) is 2.59. The van der Waals surface area contributed by atoms with E-state index in [1.54, 1.807) is 0 Å². The second-order valence-electron chi connectivity index (χ2n) is 4.25. The minimum Gasteiger partial charge on any atom is -0.379 e. The Morgan fingerprint density at radius 2 is 2.00 bits per heavy atom. The van der Waals surface area contributed by atoms with E-state index in [4.69, 9.17) is 4.74 Å². The molecule has 0 saturated carbocycles. The molecule has 0 aromatic heterocycles. The first kappa shape index (κ1) is 11.5. The highest BCUT2D eigenvalue weighted by molar-refractivity contribution is 6.05. The molecule has 1 atom stereocenters. The van der Waals surface area contributed by atoms with Gasteiger partial charge in [-0.2, -0.15) is 0 Å². The number of nitrogens with zero attached hydrogens (tertiary/aromatic N) is 2. The third-order valence-corrected chi connectivity index (χ3v) is 3.15. The van der Waals surface area contributed by atoms with Crippen LogP contribution in [0.3, 0.4) is 0 Å². The Hall–Kier alpha value is -0.940. The van der Waals surface area contributed by atoms with Gasteiger partial charge in [-0.25, -0.2) is 0 Å². The highest BCUT2D eigenvalue weighted by Crippen LogP contribution is 2.19. The molecule has 0 spiro atoms. The van der Waals surface area contributed by atoms with Gasteiger partial charge in [0.05, 0.1) is 25.7 Å². The maximum absolute atomic E-state index is 12.0. The van der Waals surface area contributed by atoms with Crippen LogP contribution in [-0.2, 0) is 14.3 Å². The van der Waals surface area contributed by atoms with Gasteiger partial charge in [-0.1, -0.05) is 6.92 Å². The van der Waals surface area contributed by atoms with Crippen molar-refractivity contribution in [2.75, 3.05) is 32.8 Å². The van der Waals surface area contributed by atoms with E-state index in [1.807, 2.05) is 6.92 Å². The Morgan fingerprint density at radius 3 is 2.62 bits per heavy atom. The lowest BCUT2D eigenvalue weighted by Gasteiger charge is -2.30. The fourth-order valence-corrected chi connectivity index (χ4v) is 2.30.